The molecule has 3 aromatic rings. The number of nitrogens with one attached hydrogen (secondary N) is 1. The largest absolute Gasteiger partial charge is 0.493 e. The van der Waals surface area contributed by atoms with Gasteiger partial charge in [-0.3, -0.25) is 4.90 Å². The lowest BCUT2D eigenvalue weighted by Gasteiger charge is -2.38. The maximum Gasteiger partial charge on any atom is 0.161 e. The summed E-state index contributed by atoms with van der Waals surface area (Å²) in [6.07, 6.45) is 5.24. The van der Waals surface area contributed by atoms with Crippen LogP contribution in [0.1, 0.15) is 29.2 Å². The first kappa shape index (κ1) is 19.8. The Labute approximate surface area is 172 Å². The van der Waals surface area contributed by atoms with E-state index in [1.54, 1.807) is 21.3 Å². The highest BCUT2D eigenvalue weighted by molar-refractivity contribution is 5.83. The molecule has 0 saturated carbocycles. The van der Waals surface area contributed by atoms with Crippen molar-refractivity contribution in [1.29, 1.82) is 0 Å². The van der Waals surface area contributed by atoms with E-state index in [0.717, 1.165) is 50.5 Å². The Hall–Kier alpha value is -2.50. The molecule has 2 heterocycles. The van der Waals surface area contributed by atoms with Crippen LogP contribution < -0.4 is 9.47 Å². The van der Waals surface area contributed by atoms with Gasteiger partial charge in [0.15, 0.2) is 11.5 Å². The highest BCUT2D eigenvalue weighted by Gasteiger charge is 2.29. The molecule has 0 bridgehead atoms. The first-order valence-corrected chi connectivity index (χ1v) is 10.3. The van der Waals surface area contributed by atoms with Gasteiger partial charge in [-0.1, -0.05) is 18.2 Å². The summed E-state index contributed by atoms with van der Waals surface area (Å²) >= 11 is 0. The second kappa shape index (κ2) is 8.89. The van der Waals surface area contributed by atoms with E-state index in [9.17, 15) is 0 Å². The van der Waals surface area contributed by atoms with Crippen molar-refractivity contribution in [3.8, 4) is 11.5 Å². The Morgan fingerprint density at radius 2 is 1.86 bits per heavy atom. The Bertz CT molecular complexity index is 966. The molecule has 1 aliphatic rings. The molecular formula is C24H30N2O3. The molecule has 0 spiro atoms. The molecule has 29 heavy (non-hydrogen) atoms. The van der Waals surface area contributed by atoms with Crippen LogP contribution in [0.5, 0.6) is 11.5 Å². The highest BCUT2D eigenvalue weighted by Crippen LogP contribution is 2.40. The minimum atomic E-state index is 0.336. The number of hydrogen-bond donors (Lipinski definition) is 1. The van der Waals surface area contributed by atoms with Gasteiger partial charge in [-0.15, -0.1) is 0 Å². The second-order valence-corrected chi connectivity index (χ2v) is 7.60. The summed E-state index contributed by atoms with van der Waals surface area (Å²) in [5.74, 6) is 1.61. The van der Waals surface area contributed by atoms with Gasteiger partial charge in [0.05, 0.1) is 20.8 Å². The summed E-state index contributed by atoms with van der Waals surface area (Å²) in [4.78, 5) is 5.95. The molecule has 0 radical (unpaired) electrons. The van der Waals surface area contributed by atoms with Crippen molar-refractivity contribution < 1.29 is 14.2 Å². The van der Waals surface area contributed by atoms with Crippen LogP contribution in [0.25, 0.3) is 10.9 Å². The van der Waals surface area contributed by atoms with E-state index in [0.29, 0.717) is 6.04 Å². The summed E-state index contributed by atoms with van der Waals surface area (Å²) in [7, 11) is 5.18. The molecule has 0 aliphatic carbocycles. The lowest BCUT2D eigenvalue weighted by Crippen LogP contribution is -2.38. The molecule has 1 aromatic heterocycles. The highest BCUT2D eigenvalue weighted by atomic mass is 16.5. The summed E-state index contributed by atoms with van der Waals surface area (Å²) in [5, 5.41) is 1.32. The van der Waals surface area contributed by atoms with E-state index in [-0.39, 0.29) is 0 Å². The zero-order valence-electron chi connectivity index (χ0n) is 17.5. The maximum atomic E-state index is 5.60. The van der Waals surface area contributed by atoms with Gasteiger partial charge >= 0.3 is 0 Å². The lowest BCUT2D eigenvalue weighted by atomic mass is 9.88. The van der Waals surface area contributed by atoms with E-state index in [1.807, 2.05) is 0 Å². The molecule has 0 fully saturated rings. The van der Waals surface area contributed by atoms with Crippen molar-refractivity contribution in [2.24, 2.45) is 0 Å². The standard InChI is InChI=1S/C24H30N2O3/c1-27-13-12-26-11-10-17-14-23(28-2)24(29-3)15-20(17)22(26)9-8-18-16-25-21-7-5-4-6-19(18)21/h4-7,14-16,22,25H,8-13H2,1-3H3. The van der Waals surface area contributed by atoms with Gasteiger partial charge in [-0.05, 0) is 54.2 Å². The number of rotatable bonds is 8. The molecule has 0 amide bonds. The minimum absolute atomic E-state index is 0.336. The molecule has 4 rings (SSSR count). The van der Waals surface area contributed by atoms with E-state index in [1.165, 1.54) is 27.6 Å². The molecule has 5 heteroatoms. The quantitative estimate of drug-likeness (QED) is 0.617. The Morgan fingerprint density at radius 3 is 2.66 bits per heavy atom. The van der Waals surface area contributed by atoms with Gasteiger partial charge < -0.3 is 19.2 Å². The smallest absolute Gasteiger partial charge is 0.161 e. The molecule has 1 unspecified atom stereocenters. The van der Waals surface area contributed by atoms with Crippen molar-refractivity contribution in [2.45, 2.75) is 25.3 Å². The predicted molar refractivity (Wildman–Crippen MR) is 116 cm³/mol. The second-order valence-electron chi connectivity index (χ2n) is 7.60. The first-order valence-electron chi connectivity index (χ1n) is 10.3. The predicted octanol–water partition coefficient (Wildman–Crippen LogP) is 4.36. The van der Waals surface area contributed by atoms with Gasteiger partial charge in [0.1, 0.15) is 0 Å². The molecule has 0 saturated heterocycles. The van der Waals surface area contributed by atoms with Crippen LogP contribution in [0.4, 0.5) is 0 Å². The average molecular weight is 395 g/mol. The van der Waals surface area contributed by atoms with Crippen molar-refractivity contribution in [1.82, 2.24) is 9.88 Å². The fraction of sp³-hybridized carbons (Fsp3) is 0.417. The van der Waals surface area contributed by atoms with Crippen LogP contribution in [0.2, 0.25) is 0 Å². The molecule has 5 nitrogen and oxygen atoms in total. The topological polar surface area (TPSA) is 46.7 Å². The zero-order valence-corrected chi connectivity index (χ0v) is 17.5. The minimum Gasteiger partial charge on any atom is -0.493 e. The third-order valence-electron chi connectivity index (χ3n) is 6.06. The van der Waals surface area contributed by atoms with E-state index in [2.05, 4.69) is 52.5 Å². The Kier molecular flexibility index (Phi) is 6.07. The van der Waals surface area contributed by atoms with Gasteiger partial charge in [-0.25, -0.2) is 0 Å². The Morgan fingerprint density at radius 1 is 1.07 bits per heavy atom. The number of methoxy groups -OCH3 is 3. The van der Waals surface area contributed by atoms with E-state index >= 15 is 0 Å². The van der Waals surface area contributed by atoms with Crippen LogP contribution in [0.3, 0.4) is 0 Å². The van der Waals surface area contributed by atoms with Crippen molar-refractivity contribution >= 4 is 10.9 Å². The van der Waals surface area contributed by atoms with Crippen molar-refractivity contribution in [3.63, 3.8) is 0 Å². The number of H-pyrrole nitrogens is 1. The van der Waals surface area contributed by atoms with Crippen LogP contribution in [0, 0.1) is 0 Å². The van der Waals surface area contributed by atoms with Gasteiger partial charge in [-0.2, -0.15) is 0 Å². The van der Waals surface area contributed by atoms with Gasteiger partial charge in [0.2, 0.25) is 0 Å². The monoisotopic (exact) mass is 394 g/mol. The van der Waals surface area contributed by atoms with E-state index < -0.39 is 0 Å². The number of hydrogen-bond acceptors (Lipinski definition) is 4. The Balaban J connectivity index is 1.64. The lowest BCUT2D eigenvalue weighted by molar-refractivity contribution is 0.109. The average Bonchev–Trinajstić information content (AvgIpc) is 3.18. The molecule has 2 aromatic carbocycles. The normalized spacial score (nSPS) is 16.7. The number of aromatic nitrogens is 1. The number of fused-ring (bicyclic) bond motifs is 2. The van der Waals surface area contributed by atoms with Crippen molar-refractivity contribution in [2.75, 3.05) is 41.0 Å². The number of benzene rings is 2. The fourth-order valence-corrected chi connectivity index (χ4v) is 4.53. The first-order chi connectivity index (χ1) is 14.2. The third kappa shape index (κ3) is 3.98. The van der Waals surface area contributed by atoms with Gasteiger partial charge in [0.25, 0.3) is 0 Å². The molecule has 1 aliphatic heterocycles. The molecule has 1 atom stereocenters. The number of nitrogens with zero attached hydrogens (tertiary/aromatic N) is 1. The number of ether oxygens (including phenoxy) is 3. The summed E-state index contributed by atoms with van der Waals surface area (Å²) in [6.45, 7) is 2.71. The third-order valence-corrected chi connectivity index (χ3v) is 6.06. The summed E-state index contributed by atoms with van der Waals surface area (Å²) < 4.78 is 16.5. The van der Waals surface area contributed by atoms with Gasteiger partial charge in [0, 0.05) is 43.3 Å². The zero-order chi connectivity index (χ0) is 20.2. The van der Waals surface area contributed by atoms with Crippen LogP contribution in [-0.4, -0.2) is 50.9 Å². The number of aryl methyl sites for hydroxylation is 1. The SMILES string of the molecule is COCCN1CCc2cc(OC)c(OC)cc2C1CCc1c[nH]c2ccccc12. The van der Waals surface area contributed by atoms with Crippen molar-refractivity contribution in [3.05, 3.63) is 59.3 Å². The van der Waals surface area contributed by atoms with Crippen LogP contribution in [-0.2, 0) is 17.6 Å². The molecular weight excluding hydrogens is 364 g/mol. The number of para-hydroxylation sites is 1. The summed E-state index contributed by atoms with van der Waals surface area (Å²) in [6, 6.07) is 13.2. The van der Waals surface area contributed by atoms with E-state index in [4.69, 9.17) is 14.2 Å². The molecule has 154 valence electrons. The fourth-order valence-electron chi connectivity index (χ4n) is 4.53. The summed E-state index contributed by atoms with van der Waals surface area (Å²) in [5.41, 5.74) is 5.29. The molecule has 1 N–H and O–H groups in total. The van der Waals surface area contributed by atoms with Crippen LogP contribution >= 0.6 is 0 Å². The number of aromatic amines is 1. The van der Waals surface area contributed by atoms with Crippen LogP contribution in [0.15, 0.2) is 42.6 Å². The maximum absolute atomic E-state index is 5.60.